The van der Waals surface area contributed by atoms with Crippen molar-refractivity contribution in [1.29, 1.82) is 0 Å². The summed E-state index contributed by atoms with van der Waals surface area (Å²) in [4.78, 5) is 12.1. The molecule has 1 amide bonds. The zero-order chi connectivity index (χ0) is 15.1. The molecule has 0 saturated heterocycles. The lowest BCUT2D eigenvalue weighted by atomic mass is 9.96. The van der Waals surface area contributed by atoms with Crippen LogP contribution in [0.25, 0.3) is 0 Å². The van der Waals surface area contributed by atoms with Gasteiger partial charge in [0.2, 0.25) is 5.91 Å². The molecular formula is C17H24N2O. The number of amides is 1. The minimum Gasteiger partial charge on any atom is -0.349 e. The van der Waals surface area contributed by atoms with E-state index < -0.39 is 0 Å². The minimum absolute atomic E-state index is 0.0117. The molecule has 0 fully saturated rings. The topological polar surface area (TPSA) is 55.1 Å². The molecule has 0 aliphatic carbocycles. The Labute approximate surface area is 121 Å². The summed E-state index contributed by atoms with van der Waals surface area (Å²) in [5.74, 6) is 6.28. The molecule has 3 N–H and O–H groups in total. The van der Waals surface area contributed by atoms with Gasteiger partial charge in [-0.3, -0.25) is 4.79 Å². The van der Waals surface area contributed by atoms with Crippen LogP contribution in [0.5, 0.6) is 0 Å². The van der Waals surface area contributed by atoms with E-state index in [2.05, 4.69) is 31.0 Å². The second-order valence-corrected chi connectivity index (χ2v) is 5.39. The molecule has 108 valence electrons. The Kier molecular flexibility index (Phi) is 6.27. The van der Waals surface area contributed by atoms with E-state index in [1.807, 2.05) is 38.1 Å². The summed E-state index contributed by atoms with van der Waals surface area (Å²) in [6, 6.07) is 7.86. The van der Waals surface area contributed by atoms with Crippen LogP contribution in [0.3, 0.4) is 0 Å². The molecule has 3 nitrogen and oxygen atoms in total. The standard InChI is InChI=1S/C17H24N2O/c1-12(2)13(3)17(20)19-14(4)16-9-5-7-15(11-16)8-6-10-18/h5,7,9,11-14H,10,18H2,1-4H3,(H,19,20). The van der Waals surface area contributed by atoms with Crippen molar-refractivity contribution < 1.29 is 4.79 Å². The molecule has 0 aliphatic heterocycles. The molecular weight excluding hydrogens is 248 g/mol. The molecule has 2 atom stereocenters. The van der Waals surface area contributed by atoms with Crippen molar-refractivity contribution in [3.63, 3.8) is 0 Å². The maximum atomic E-state index is 12.1. The van der Waals surface area contributed by atoms with Crippen LogP contribution in [0.1, 0.15) is 44.9 Å². The predicted octanol–water partition coefficient (Wildman–Crippen LogP) is 2.47. The summed E-state index contributed by atoms with van der Waals surface area (Å²) in [7, 11) is 0. The van der Waals surface area contributed by atoms with Gasteiger partial charge in [0.1, 0.15) is 0 Å². The average molecular weight is 272 g/mol. The lowest BCUT2D eigenvalue weighted by Crippen LogP contribution is -2.33. The number of hydrogen-bond acceptors (Lipinski definition) is 2. The van der Waals surface area contributed by atoms with E-state index in [1.54, 1.807) is 0 Å². The molecule has 0 aromatic heterocycles. The van der Waals surface area contributed by atoms with E-state index in [0.29, 0.717) is 12.5 Å². The Bertz CT molecular complexity index is 511. The van der Waals surface area contributed by atoms with Gasteiger partial charge in [0, 0.05) is 11.5 Å². The van der Waals surface area contributed by atoms with Gasteiger partial charge < -0.3 is 11.1 Å². The summed E-state index contributed by atoms with van der Waals surface area (Å²) in [5, 5.41) is 3.05. The number of nitrogens with two attached hydrogens (primary N) is 1. The third-order valence-corrected chi connectivity index (χ3v) is 3.49. The maximum Gasteiger partial charge on any atom is 0.223 e. The van der Waals surface area contributed by atoms with Gasteiger partial charge in [0.25, 0.3) is 0 Å². The van der Waals surface area contributed by atoms with Gasteiger partial charge in [-0.15, -0.1) is 0 Å². The van der Waals surface area contributed by atoms with Crippen molar-refractivity contribution >= 4 is 5.91 Å². The lowest BCUT2D eigenvalue weighted by molar-refractivity contribution is -0.126. The first-order valence-corrected chi connectivity index (χ1v) is 7.05. The number of benzene rings is 1. The highest BCUT2D eigenvalue weighted by Crippen LogP contribution is 2.16. The van der Waals surface area contributed by atoms with Gasteiger partial charge >= 0.3 is 0 Å². The van der Waals surface area contributed by atoms with Crippen molar-refractivity contribution in [3.8, 4) is 11.8 Å². The number of carbonyl (C=O) groups excluding carboxylic acids is 1. The molecule has 2 unspecified atom stereocenters. The second-order valence-electron chi connectivity index (χ2n) is 5.39. The summed E-state index contributed by atoms with van der Waals surface area (Å²) in [5.41, 5.74) is 7.35. The van der Waals surface area contributed by atoms with E-state index in [4.69, 9.17) is 5.73 Å². The number of rotatable bonds is 4. The maximum absolute atomic E-state index is 12.1. The van der Waals surface area contributed by atoms with Crippen molar-refractivity contribution in [1.82, 2.24) is 5.32 Å². The van der Waals surface area contributed by atoms with Crippen LogP contribution in [0.2, 0.25) is 0 Å². The third-order valence-electron chi connectivity index (χ3n) is 3.49. The first kappa shape index (κ1) is 16.3. The quantitative estimate of drug-likeness (QED) is 0.827. The molecule has 0 saturated carbocycles. The van der Waals surface area contributed by atoms with Crippen molar-refractivity contribution in [2.75, 3.05) is 6.54 Å². The molecule has 1 aromatic rings. The van der Waals surface area contributed by atoms with E-state index in [1.165, 1.54) is 0 Å². The van der Waals surface area contributed by atoms with Crippen LogP contribution in [0.4, 0.5) is 0 Å². The van der Waals surface area contributed by atoms with Crippen LogP contribution in [0.15, 0.2) is 24.3 Å². The largest absolute Gasteiger partial charge is 0.349 e. The Hall–Kier alpha value is -1.79. The van der Waals surface area contributed by atoms with Crippen LogP contribution < -0.4 is 11.1 Å². The summed E-state index contributed by atoms with van der Waals surface area (Å²) < 4.78 is 0. The molecule has 1 rings (SSSR count). The summed E-state index contributed by atoms with van der Waals surface area (Å²) in [6.45, 7) is 8.40. The average Bonchev–Trinajstić information content (AvgIpc) is 2.44. The number of carbonyl (C=O) groups is 1. The SMILES string of the molecule is CC(NC(=O)C(C)C(C)C)c1cccc(C#CCN)c1. The van der Waals surface area contributed by atoms with E-state index in [0.717, 1.165) is 11.1 Å². The monoisotopic (exact) mass is 272 g/mol. The fourth-order valence-electron chi connectivity index (χ4n) is 1.77. The van der Waals surface area contributed by atoms with E-state index >= 15 is 0 Å². The van der Waals surface area contributed by atoms with Gasteiger partial charge in [-0.05, 0) is 30.5 Å². The number of nitrogens with one attached hydrogen (secondary N) is 1. The molecule has 1 aromatic carbocycles. The zero-order valence-electron chi connectivity index (χ0n) is 12.7. The molecule has 0 bridgehead atoms. The Balaban J connectivity index is 2.77. The predicted molar refractivity (Wildman–Crippen MR) is 82.9 cm³/mol. The van der Waals surface area contributed by atoms with Crippen molar-refractivity contribution in [2.24, 2.45) is 17.6 Å². The molecule has 20 heavy (non-hydrogen) atoms. The van der Waals surface area contributed by atoms with E-state index in [-0.39, 0.29) is 17.9 Å². The lowest BCUT2D eigenvalue weighted by Gasteiger charge is -2.20. The highest BCUT2D eigenvalue weighted by Gasteiger charge is 2.18. The molecule has 3 heteroatoms. The molecule has 0 spiro atoms. The first-order chi connectivity index (χ1) is 9.45. The smallest absolute Gasteiger partial charge is 0.223 e. The van der Waals surface area contributed by atoms with Gasteiger partial charge in [-0.2, -0.15) is 0 Å². The second kappa shape index (κ2) is 7.72. The Morgan fingerprint density at radius 3 is 2.60 bits per heavy atom. The fraction of sp³-hybridized carbons (Fsp3) is 0.471. The highest BCUT2D eigenvalue weighted by atomic mass is 16.1. The van der Waals surface area contributed by atoms with Crippen LogP contribution >= 0.6 is 0 Å². The zero-order valence-corrected chi connectivity index (χ0v) is 12.7. The van der Waals surface area contributed by atoms with Gasteiger partial charge in [-0.25, -0.2) is 0 Å². The van der Waals surface area contributed by atoms with E-state index in [9.17, 15) is 4.79 Å². The van der Waals surface area contributed by atoms with Crippen LogP contribution in [0, 0.1) is 23.7 Å². The van der Waals surface area contributed by atoms with Crippen LogP contribution in [-0.4, -0.2) is 12.5 Å². The highest BCUT2D eigenvalue weighted by molar-refractivity contribution is 5.78. The van der Waals surface area contributed by atoms with Gasteiger partial charge in [-0.1, -0.05) is 44.7 Å². The van der Waals surface area contributed by atoms with Gasteiger partial charge in [0.05, 0.1) is 12.6 Å². The third kappa shape index (κ3) is 4.71. The Morgan fingerprint density at radius 1 is 1.30 bits per heavy atom. The Morgan fingerprint density at radius 2 is 2.00 bits per heavy atom. The number of hydrogen-bond donors (Lipinski definition) is 2. The molecule has 0 radical (unpaired) electrons. The fourth-order valence-corrected chi connectivity index (χ4v) is 1.77. The minimum atomic E-state index is -0.0247. The molecule has 0 aliphatic rings. The normalized spacial score (nSPS) is 13.3. The summed E-state index contributed by atoms with van der Waals surface area (Å²) in [6.07, 6.45) is 0. The van der Waals surface area contributed by atoms with Crippen LogP contribution in [-0.2, 0) is 4.79 Å². The summed E-state index contributed by atoms with van der Waals surface area (Å²) >= 11 is 0. The van der Waals surface area contributed by atoms with Crippen molar-refractivity contribution in [2.45, 2.75) is 33.7 Å². The molecule has 0 heterocycles. The van der Waals surface area contributed by atoms with Crippen molar-refractivity contribution in [3.05, 3.63) is 35.4 Å². The first-order valence-electron chi connectivity index (χ1n) is 7.05. The van der Waals surface area contributed by atoms with Gasteiger partial charge in [0.15, 0.2) is 0 Å².